The summed E-state index contributed by atoms with van der Waals surface area (Å²) in [6, 6.07) is 12.9. The first-order valence-electron chi connectivity index (χ1n) is 10.3. The summed E-state index contributed by atoms with van der Waals surface area (Å²) < 4.78 is 11.0. The number of amides is 2. The molecule has 0 unspecified atom stereocenters. The minimum atomic E-state index is -0.720. The van der Waals surface area contributed by atoms with Crippen LogP contribution in [0.2, 0.25) is 0 Å². The van der Waals surface area contributed by atoms with Crippen molar-refractivity contribution in [3.8, 4) is 5.75 Å². The van der Waals surface area contributed by atoms with Crippen molar-refractivity contribution in [3.63, 3.8) is 0 Å². The number of hydrogen-bond donors (Lipinski definition) is 2. The molecular weight excluding hydrogens is 380 g/mol. The van der Waals surface area contributed by atoms with Crippen molar-refractivity contribution >= 4 is 17.5 Å². The second kappa shape index (κ2) is 11.4. The molecule has 0 spiro atoms. The first-order valence-corrected chi connectivity index (χ1v) is 10.3. The van der Waals surface area contributed by atoms with Gasteiger partial charge in [-0.25, -0.2) is 0 Å². The number of ether oxygens (including phenoxy) is 2. The average Bonchev–Trinajstić information content (AvgIpc) is 2.71. The Balaban J connectivity index is 2.08. The fraction of sp³-hybridized carbons (Fsp3) is 0.417. The second-order valence-corrected chi connectivity index (χ2v) is 7.59. The minimum Gasteiger partial charge on any atom is -0.481 e. The molecule has 6 heteroatoms. The number of methoxy groups -OCH3 is 1. The molecule has 0 heterocycles. The maximum Gasteiger partial charge on any atom is 0.265 e. The largest absolute Gasteiger partial charge is 0.481 e. The standard InChI is InChI=1S/C24H32N2O4/c1-16(2)19-12-11-17(3)15-22(19)30-18(4)23(27)26-21-10-7-6-9-20(21)24(28)25-13-8-14-29-5/h6-7,9-12,15-16,18H,8,13-14H2,1-5H3,(H,25,28)(H,26,27)/t18-/m0/s1. The summed E-state index contributed by atoms with van der Waals surface area (Å²) in [5.41, 5.74) is 2.98. The highest BCUT2D eigenvalue weighted by molar-refractivity contribution is 6.04. The zero-order chi connectivity index (χ0) is 22.1. The number of benzene rings is 2. The van der Waals surface area contributed by atoms with Crippen molar-refractivity contribution in [1.29, 1.82) is 0 Å². The zero-order valence-corrected chi connectivity index (χ0v) is 18.5. The number of anilines is 1. The summed E-state index contributed by atoms with van der Waals surface area (Å²) in [5, 5.41) is 5.67. The molecule has 0 aliphatic carbocycles. The van der Waals surface area contributed by atoms with Gasteiger partial charge in [-0.15, -0.1) is 0 Å². The number of hydrogen-bond acceptors (Lipinski definition) is 4. The molecule has 2 rings (SSSR count). The van der Waals surface area contributed by atoms with E-state index in [1.165, 1.54) is 0 Å². The molecular formula is C24H32N2O4. The highest BCUT2D eigenvalue weighted by Gasteiger charge is 2.20. The molecule has 2 aromatic rings. The molecule has 1 atom stereocenters. The maximum absolute atomic E-state index is 12.8. The van der Waals surface area contributed by atoms with E-state index in [-0.39, 0.29) is 17.7 Å². The number of carbonyl (C=O) groups is 2. The van der Waals surface area contributed by atoms with Crippen LogP contribution >= 0.6 is 0 Å². The van der Waals surface area contributed by atoms with Gasteiger partial charge in [0.1, 0.15) is 5.75 Å². The number of aryl methyl sites for hydroxylation is 1. The summed E-state index contributed by atoms with van der Waals surface area (Å²) in [6.45, 7) is 8.94. The van der Waals surface area contributed by atoms with Crippen molar-refractivity contribution in [2.45, 2.75) is 46.1 Å². The Morgan fingerprint density at radius 1 is 1.07 bits per heavy atom. The molecule has 30 heavy (non-hydrogen) atoms. The van der Waals surface area contributed by atoms with Crippen LogP contribution in [0.3, 0.4) is 0 Å². The third-order valence-electron chi connectivity index (χ3n) is 4.70. The van der Waals surface area contributed by atoms with Crippen LogP contribution in [0.25, 0.3) is 0 Å². The fourth-order valence-corrected chi connectivity index (χ4v) is 3.00. The Kier molecular flexibility index (Phi) is 8.87. The lowest BCUT2D eigenvalue weighted by molar-refractivity contribution is -0.122. The summed E-state index contributed by atoms with van der Waals surface area (Å²) in [7, 11) is 1.62. The van der Waals surface area contributed by atoms with Crippen LogP contribution < -0.4 is 15.4 Å². The van der Waals surface area contributed by atoms with Gasteiger partial charge in [0.15, 0.2) is 6.10 Å². The van der Waals surface area contributed by atoms with Crippen molar-refractivity contribution in [1.82, 2.24) is 5.32 Å². The maximum atomic E-state index is 12.8. The van der Waals surface area contributed by atoms with Gasteiger partial charge in [-0.3, -0.25) is 9.59 Å². The van der Waals surface area contributed by atoms with E-state index in [0.29, 0.717) is 30.2 Å². The lowest BCUT2D eigenvalue weighted by Crippen LogP contribution is -2.32. The SMILES string of the molecule is COCCCNC(=O)c1ccccc1NC(=O)[C@H](C)Oc1cc(C)ccc1C(C)C. The van der Waals surface area contributed by atoms with E-state index in [2.05, 4.69) is 24.5 Å². The smallest absolute Gasteiger partial charge is 0.265 e. The van der Waals surface area contributed by atoms with Crippen molar-refractivity contribution in [3.05, 3.63) is 59.2 Å². The zero-order valence-electron chi connectivity index (χ0n) is 18.5. The van der Waals surface area contributed by atoms with Crippen molar-refractivity contribution in [2.24, 2.45) is 0 Å². The van der Waals surface area contributed by atoms with E-state index in [0.717, 1.165) is 17.5 Å². The third kappa shape index (κ3) is 6.59. The van der Waals surface area contributed by atoms with E-state index in [1.54, 1.807) is 38.3 Å². The number of nitrogens with one attached hydrogen (secondary N) is 2. The summed E-state index contributed by atoms with van der Waals surface area (Å²) in [5.74, 6) is 0.428. The van der Waals surface area contributed by atoms with E-state index in [1.807, 2.05) is 25.1 Å². The Labute approximate surface area is 179 Å². The fourth-order valence-electron chi connectivity index (χ4n) is 3.00. The molecule has 162 valence electrons. The topological polar surface area (TPSA) is 76.7 Å². The van der Waals surface area contributed by atoms with Gasteiger partial charge in [0, 0.05) is 20.3 Å². The molecule has 6 nitrogen and oxygen atoms in total. The van der Waals surface area contributed by atoms with Crippen LogP contribution in [0.15, 0.2) is 42.5 Å². The first-order chi connectivity index (χ1) is 14.3. The Hall–Kier alpha value is -2.86. The number of rotatable bonds is 10. The van der Waals surface area contributed by atoms with E-state index in [4.69, 9.17) is 9.47 Å². The van der Waals surface area contributed by atoms with Crippen LogP contribution in [-0.2, 0) is 9.53 Å². The highest BCUT2D eigenvalue weighted by Crippen LogP contribution is 2.28. The van der Waals surface area contributed by atoms with Crippen LogP contribution in [0.5, 0.6) is 5.75 Å². The van der Waals surface area contributed by atoms with Gasteiger partial charge < -0.3 is 20.1 Å². The van der Waals surface area contributed by atoms with Crippen molar-refractivity contribution in [2.75, 3.05) is 25.6 Å². The lowest BCUT2D eigenvalue weighted by atomic mass is 10.0. The van der Waals surface area contributed by atoms with E-state index in [9.17, 15) is 9.59 Å². The third-order valence-corrected chi connectivity index (χ3v) is 4.70. The molecule has 0 fully saturated rings. The molecule has 2 amide bonds. The lowest BCUT2D eigenvalue weighted by Gasteiger charge is -2.20. The highest BCUT2D eigenvalue weighted by atomic mass is 16.5. The minimum absolute atomic E-state index is 0.239. The molecule has 0 saturated carbocycles. The van der Waals surface area contributed by atoms with Gasteiger partial charge in [0.05, 0.1) is 11.3 Å². The predicted octanol–water partition coefficient (Wildman–Crippen LogP) is 4.29. The number of para-hydroxylation sites is 1. The molecule has 0 saturated heterocycles. The monoisotopic (exact) mass is 412 g/mol. The Morgan fingerprint density at radius 2 is 1.80 bits per heavy atom. The van der Waals surface area contributed by atoms with Crippen LogP contribution in [0.4, 0.5) is 5.69 Å². The van der Waals surface area contributed by atoms with Crippen molar-refractivity contribution < 1.29 is 19.1 Å². The molecule has 2 N–H and O–H groups in total. The van der Waals surface area contributed by atoms with Crippen LogP contribution in [0, 0.1) is 6.92 Å². The predicted molar refractivity (Wildman–Crippen MR) is 119 cm³/mol. The molecule has 0 aliphatic rings. The van der Waals surface area contributed by atoms with Crippen LogP contribution in [-0.4, -0.2) is 38.2 Å². The molecule has 0 bridgehead atoms. The number of carbonyl (C=O) groups excluding carboxylic acids is 2. The molecule has 0 aromatic heterocycles. The average molecular weight is 413 g/mol. The Morgan fingerprint density at radius 3 is 2.50 bits per heavy atom. The van der Waals surface area contributed by atoms with E-state index < -0.39 is 6.10 Å². The summed E-state index contributed by atoms with van der Waals surface area (Å²) in [6.07, 6.45) is -0.00169. The van der Waals surface area contributed by atoms with Gasteiger partial charge in [0.2, 0.25) is 0 Å². The first kappa shape index (κ1) is 23.4. The molecule has 2 aromatic carbocycles. The van der Waals surface area contributed by atoms with Gasteiger partial charge in [0.25, 0.3) is 11.8 Å². The normalized spacial score (nSPS) is 11.8. The Bertz CT molecular complexity index is 864. The molecule has 0 radical (unpaired) electrons. The van der Waals surface area contributed by atoms with Crippen LogP contribution in [0.1, 0.15) is 54.6 Å². The second-order valence-electron chi connectivity index (χ2n) is 7.59. The van der Waals surface area contributed by atoms with E-state index >= 15 is 0 Å². The summed E-state index contributed by atoms with van der Waals surface area (Å²) in [4.78, 5) is 25.3. The van der Waals surface area contributed by atoms with Gasteiger partial charge in [-0.1, -0.05) is 38.1 Å². The quantitative estimate of drug-likeness (QED) is 0.571. The van der Waals surface area contributed by atoms with Gasteiger partial charge in [-0.05, 0) is 55.5 Å². The van der Waals surface area contributed by atoms with Gasteiger partial charge in [-0.2, -0.15) is 0 Å². The molecule has 0 aliphatic heterocycles. The van der Waals surface area contributed by atoms with Gasteiger partial charge >= 0.3 is 0 Å². The summed E-state index contributed by atoms with van der Waals surface area (Å²) >= 11 is 0.